The van der Waals surface area contributed by atoms with Gasteiger partial charge in [-0.1, -0.05) is 49.4 Å². The minimum atomic E-state index is -3.73. The maximum atomic E-state index is 12.2. The van der Waals surface area contributed by atoms with Gasteiger partial charge >= 0.3 is 0 Å². The zero-order chi connectivity index (χ0) is 15.5. The topological polar surface area (TPSA) is 43.4 Å². The third-order valence-electron chi connectivity index (χ3n) is 3.44. The standard InChI is InChI=1S/C17H20O3S/c1-4-17(2,3)20-21(18,19)16-12-10-15(11-13-16)14-8-6-5-7-9-14/h5-13H,4H2,1-3H3. The van der Waals surface area contributed by atoms with E-state index in [1.807, 2.05) is 37.3 Å². The Labute approximate surface area is 126 Å². The molecule has 0 radical (unpaired) electrons. The number of hydrogen-bond donors (Lipinski definition) is 0. The molecule has 0 N–H and O–H groups in total. The van der Waals surface area contributed by atoms with E-state index in [1.54, 1.807) is 38.1 Å². The Morgan fingerprint density at radius 1 is 0.905 bits per heavy atom. The van der Waals surface area contributed by atoms with Gasteiger partial charge in [0.2, 0.25) is 0 Å². The second-order valence-corrected chi connectivity index (χ2v) is 7.09. The second kappa shape index (κ2) is 6.00. The Balaban J connectivity index is 2.27. The summed E-state index contributed by atoms with van der Waals surface area (Å²) in [6.45, 7) is 5.43. The fourth-order valence-corrected chi connectivity index (χ4v) is 3.13. The van der Waals surface area contributed by atoms with Gasteiger partial charge in [0, 0.05) is 0 Å². The van der Waals surface area contributed by atoms with Gasteiger partial charge in [0.1, 0.15) is 0 Å². The van der Waals surface area contributed by atoms with Crippen LogP contribution in [0.1, 0.15) is 27.2 Å². The van der Waals surface area contributed by atoms with Crippen LogP contribution in [-0.4, -0.2) is 14.0 Å². The normalized spacial score (nSPS) is 12.3. The lowest BCUT2D eigenvalue weighted by atomic mass is 10.1. The van der Waals surface area contributed by atoms with Crippen molar-refractivity contribution >= 4 is 10.1 Å². The van der Waals surface area contributed by atoms with Crippen molar-refractivity contribution in [1.82, 2.24) is 0 Å². The molecule has 0 fully saturated rings. The number of rotatable bonds is 5. The van der Waals surface area contributed by atoms with E-state index < -0.39 is 15.7 Å². The van der Waals surface area contributed by atoms with Gasteiger partial charge in [-0.25, -0.2) is 0 Å². The van der Waals surface area contributed by atoms with Gasteiger partial charge in [0.05, 0.1) is 10.5 Å². The first-order valence-corrected chi connectivity index (χ1v) is 8.36. The molecule has 0 aliphatic heterocycles. The van der Waals surface area contributed by atoms with Crippen molar-refractivity contribution in [2.45, 2.75) is 37.7 Å². The molecule has 2 aromatic carbocycles. The third-order valence-corrected chi connectivity index (χ3v) is 4.96. The minimum Gasteiger partial charge on any atom is -0.260 e. The molecule has 2 aromatic rings. The van der Waals surface area contributed by atoms with Gasteiger partial charge < -0.3 is 0 Å². The number of benzene rings is 2. The maximum absolute atomic E-state index is 12.2. The molecule has 0 saturated heterocycles. The summed E-state index contributed by atoms with van der Waals surface area (Å²) in [7, 11) is -3.73. The van der Waals surface area contributed by atoms with Crippen molar-refractivity contribution in [3.05, 3.63) is 54.6 Å². The van der Waals surface area contributed by atoms with Gasteiger partial charge in [0.15, 0.2) is 0 Å². The van der Waals surface area contributed by atoms with E-state index in [1.165, 1.54) is 0 Å². The van der Waals surface area contributed by atoms with Crippen molar-refractivity contribution in [2.75, 3.05) is 0 Å². The summed E-state index contributed by atoms with van der Waals surface area (Å²) in [4.78, 5) is 0.184. The Morgan fingerprint density at radius 2 is 1.43 bits per heavy atom. The third kappa shape index (κ3) is 3.93. The molecule has 0 aliphatic carbocycles. The highest BCUT2D eigenvalue weighted by Gasteiger charge is 2.26. The molecule has 0 aromatic heterocycles. The van der Waals surface area contributed by atoms with Crippen LogP contribution in [0.3, 0.4) is 0 Å². The van der Waals surface area contributed by atoms with E-state index >= 15 is 0 Å². The molecular formula is C17H20O3S. The van der Waals surface area contributed by atoms with Crippen LogP contribution in [0.5, 0.6) is 0 Å². The van der Waals surface area contributed by atoms with E-state index in [0.29, 0.717) is 6.42 Å². The quantitative estimate of drug-likeness (QED) is 0.776. The fourth-order valence-electron chi connectivity index (χ4n) is 1.85. The maximum Gasteiger partial charge on any atom is 0.297 e. The molecule has 4 heteroatoms. The average molecular weight is 304 g/mol. The summed E-state index contributed by atoms with van der Waals surface area (Å²) in [5.74, 6) is 0. The van der Waals surface area contributed by atoms with Crippen LogP contribution in [0.2, 0.25) is 0 Å². The molecule has 0 aliphatic rings. The molecule has 0 unspecified atom stereocenters. The smallest absolute Gasteiger partial charge is 0.260 e. The lowest BCUT2D eigenvalue weighted by Crippen LogP contribution is -2.27. The van der Waals surface area contributed by atoms with E-state index in [9.17, 15) is 8.42 Å². The van der Waals surface area contributed by atoms with Crippen LogP contribution in [0.25, 0.3) is 11.1 Å². The van der Waals surface area contributed by atoms with Gasteiger partial charge in [-0.05, 0) is 43.5 Å². The van der Waals surface area contributed by atoms with E-state index in [2.05, 4.69) is 0 Å². The van der Waals surface area contributed by atoms with Gasteiger partial charge in [-0.2, -0.15) is 8.42 Å². The highest BCUT2D eigenvalue weighted by atomic mass is 32.2. The molecular weight excluding hydrogens is 284 g/mol. The Morgan fingerprint density at radius 3 is 1.95 bits per heavy atom. The van der Waals surface area contributed by atoms with Crippen LogP contribution >= 0.6 is 0 Å². The second-order valence-electron chi connectivity index (χ2n) is 5.54. The summed E-state index contributed by atoms with van der Waals surface area (Å²) in [5.41, 5.74) is 1.33. The van der Waals surface area contributed by atoms with Crippen molar-refractivity contribution < 1.29 is 12.6 Å². The molecule has 2 rings (SSSR count). The Kier molecular flexibility index (Phi) is 4.49. The molecule has 0 spiro atoms. The van der Waals surface area contributed by atoms with Crippen LogP contribution in [0, 0.1) is 0 Å². The summed E-state index contributed by atoms with van der Waals surface area (Å²) in [6.07, 6.45) is 0.619. The molecule has 112 valence electrons. The van der Waals surface area contributed by atoms with Crippen LogP contribution < -0.4 is 0 Å². The lowest BCUT2D eigenvalue weighted by Gasteiger charge is -2.22. The molecule has 0 atom stereocenters. The average Bonchev–Trinajstić information content (AvgIpc) is 2.47. The minimum absolute atomic E-state index is 0.184. The Hall–Kier alpha value is -1.65. The number of hydrogen-bond acceptors (Lipinski definition) is 3. The van der Waals surface area contributed by atoms with E-state index in [4.69, 9.17) is 4.18 Å². The zero-order valence-corrected chi connectivity index (χ0v) is 13.4. The van der Waals surface area contributed by atoms with E-state index in [-0.39, 0.29) is 4.90 Å². The van der Waals surface area contributed by atoms with Gasteiger partial charge in [0.25, 0.3) is 10.1 Å². The first-order chi connectivity index (χ1) is 9.84. The van der Waals surface area contributed by atoms with Crippen LogP contribution in [0.15, 0.2) is 59.5 Å². The first kappa shape index (κ1) is 15.7. The molecule has 3 nitrogen and oxygen atoms in total. The highest BCUT2D eigenvalue weighted by molar-refractivity contribution is 7.86. The van der Waals surface area contributed by atoms with Crippen LogP contribution in [0.4, 0.5) is 0 Å². The SMILES string of the molecule is CCC(C)(C)OS(=O)(=O)c1ccc(-c2ccccc2)cc1. The predicted molar refractivity (Wildman–Crippen MR) is 84.5 cm³/mol. The summed E-state index contributed by atoms with van der Waals surface area (Å²) in [6, 6.07) is 16.6. The molecule has 0 amide bonds. The summed E-state index contributed by atoms with van der Waals surface area (Å²) >= 11 is 0. The van der Waals surface area contributed by atoms with Crippen LogP contribution in [-0.2, 0) is 14.3 Å². The predicted octanol–water partition coefficient (Wildman–Crippen LogP) is 4.25. The van der Waals surface area contributed by atoms with Crippen molar-refractivity contribution in [3.63, 3.8) is 0 Å². The largest absolute Gasteiger partial charge is 0.297 e. The van der Waals surface area contributed by atoms with Crippen molar-refractivity contribution in [1.29, 1.82) is 0 Å². The van der Waals surface area contributed by atoms with Gasteiger partial charge in [-0.3, -0.25) is 4.18 Å². The Bertz CT molecular complexity index is 687. The molecule has 0 saturated carbocycles. The van der Waals surface area contributed by atoms with Crippen molar-refractivity contribution in [2.24, 2.45) is 0 Å². The highest BCUT2D eigenvalue weighted by Crippen LogP contribution is 2.25. The monoisotopic (exact) mass is 304 g/mol. The summed E-state index contributed by atoms with van der Waals surface area (Å²) in [5, 5.41) is 0. The van der Waals surface area contributed by atoms with Gasteiger partial charge in [-0.15, -0.1) is 0 Å². The summed E-state index contributed by atoms with van der Waals surface area (Å²) < 4.78 is 29.7. The first-order valence-electron chi connectivity index (χ1n) is 6.95. The zero-order valence-electron chi connectivity index (χ0n) is 12.5. The van der Waals surface area contributed by atoms with E-state index in [0.717, 1.165) is 11.1 Å². The molecule has 21 heavy (non-hydrogen) atoms. The molecule has 0 heterocycles. The molecule has 0 bridgehead atoms. The lowest BCUT2D eigenvalue weighted by molar-refractivity contribution is 0.114. The van der Waals surface area contributed by atoms with Crippen molar-refractivity contribution in [3.8, 4) is 11.1 Å². The fraction of sp³-hybridized carbons (Fsp3) is 0.294.